The van der Waals surface area contributed by atoms with Crippen molar-refractivity contribution in [1.82, 2.24) is 0 Å². The molecule has 0 amide bonds. The Labute approximate surface area is 186 Å². The first kappa shape index (κ1) is 27.3. The molecule has 0 aliphatic carbocycles. The third-order valence-electron chi connectivity index (χ3n) is 5.69. The topological polar surface area (TPSA) is 196 Å². The Bertz CT molecular complexity index is 561. The predicted octanol–water partition coefficient (Wildman–Crippen LogP) is -2.49. The molecule has 12 heteroatoms. The number of aliphatic hydroxyl groups excluding tert-OH is 7. The lowest BCUT2D eigenvalue weighted by Gasteiger charge is -2.45. The SMILES string of the molecule is CCCCCCCC(=O)O[C@@H]1[C@@H](O)[C@@H](O[C@H]2O[C@H](CO)[C@@H](O)[C@H](O)[C@H]2O)O[C@H](CO)[C@H]1O. The lowest BCUT2D eigenvalue weighted by molar-refractivity contribution is -0.376. The third-order valence-corrected chi connectivity index (χ3v) is 5.69. The molecule has 0 spiro atoms. The zero-order chi connectivity index (χ0) is 23.8. The van der Waals surface area contributed by atoms with Crippen LogP contribution in [0.5, 0.6) is 0 Å². The van der Waals surface area contributed by atoms with Gasteiger partial charge in [-0.2, -0.15) is 0 Å². The fourth-order valence-corrected chi connectivity index (χ4v) is 3.70. The molecule has 0 saturated carbocycles. The summed E-state index contributed by atoms with van der Waals surface area (Å²) < 4.78 is 21.2. The van der Waals surface area contributed by atoms with Crippen LogP contribution in [0.2, 0.25) is 0 Å². The van der Waals surface area contributed by atoms with Crippen LogP contribution in [0.1, 0.15) is 45.4 Å². The van der Waals surface area contributed by atoms with Gasteiger partial charge in [0.2, 0.25) is 0 Å². The van der Waals surface area contributed by atoms with Crippen molar-refractivity contribution >= 4 is 5.97 Å². The van der Waals surface area contributed by atoms with Crippen LogP contribution in [0.25, 0.3) is 0 Å². The Morgan fingerprint density at radius 2 is 1.31 bits per heavy atom. The molecule has 2 rings (SSSR count). The summed E-state index contributed by atoms with van der Waals surface area (Å²) in [6.45, 7) is 0.700. The number of unbranched alkanes of at least 4 members (excludes halogenated alkanes) is 4. The van der Waals surface area contributed by atoms with Gasteiger partial charge in [0.05, 0.1) is 13.2 Å². The van der Waals surface area contributed by atoms with E-state index in [0.717, 1.165) is 25.7 Å². The Morgan fingerprint density at radius 1 is 0.750 bits per heavy atom. The smallest absolute Gasteiger partial charge is 0.306 e. The van der Waals surface area contributed by atoms with Gasteiger partial charge in [0, 0.05) is 6.42 Å². The van der Waals surface area contributed by atoms with Crippen molar-refractivity contribution in [2.45, 2.75) is 107 Å². The van der Waals surface area contributed by atoms with E-state index in [1.54, 1.807) is 0 Å². The first-order chi connectivity index (χ1) is 15.2. The van der Waals surface area contributed by atoms with Crippen molar-refractivity contribution in [2.24, 2.45) is 0 Å². The van der Waals surface area contributed by atoms with Crippen LogP contribution in [-0.4, -0.2) is 116 Å². The molecule has 2 aliphatic heterocycles. The van der Waals surface area contributed by atoms with Crippen molar-refractivity contribution in [1.29, 1.82) is 0 Å². The van der Waals surface area contributed by atoms with Gasteiger partial charge in [0.15, 0.2) is 18.7 Å². The van der Waals surface area contributed by atoms with E-state index >= 15 is 0 Å². The summed E-state index contributed by atoms with van der Waals surface area (Å²) in [6.07, 6.45) is -11.0. The van der Waals surface area contributed by atoms with Crippen LogP contribution in [0.4, 0.5) is 0 Å². The summed E-state index contributed by atoms with van der Waals surface area (Å²) >= 11 is 0. The molecule has 0 aromatic rings. The second-order valence-corrected chi connectivity index (χ2v) is 8.16. The monoisotopic (exact) mass is 468 g/mol. The van der Waals surface area contributed by atoms with Gasteiger partial charge in [-0.25, -0.2) is 0 Å². The lowest BCUT2D eigenvalue weighted by atomic mass is 9.98. The molecular weight excluding hydrogens is 432 g/mol. The van der Waals surface area contributed by atoms with Gasteiger partial charge >= 0.3 is 5.97 Å². The van der Waals surface area contributed by atoms with E-state index in [1.165, 1.54) is 0 Å². The normalized spacial score (nSPS) is 40.2. The lowest BCUT2D eigenvalue weighted by Crippen LogP contribution is -2.64. The van der Waals surface area contributed by atoms with Gasteiger partial charge < -0.3 is 54.7 Å². The van der Waals surface area contributed by atoms with E-state index in [0.29, 0.717) is 6.42 Å². The maximum atomic E-state index is 12.2. The van der Waals surface area contributed by atoms with Gasteiger partial charge in [-0.15, -0.1) is 0 Å². The molecule has 32 heavy (non-hydrogen) atoms. The van der Waals surface area contributed by atoms with Gasteiger partial charge in [-0.3, -0.25) is 4.79 Å². The Morgan fingerprint density at radius 3 is 1.91 bits per heavy atom. The average Bonchev–Trinajstić information content (AvgIpc) is 2.78. The molecule has 10 atom stereocenters. The first-order valence-electron chi connectivity index (χ1n) is 11.0. The van der Waals surface area contributed by atoms with E-state index in [4.69, 9.17) is 18.9 Å². The molecular formula is C20H36O12. The fourth-order valence-electron chi connectivity index (χ4n) is 3.70. The molecule has 2 saturated heterocycles. The van der Waals surface area contributed by atoms with E-state index < -0.39 is 80.6 Å². The van der Waals surface area contributed by atoms with Crippen molar-refractivity contribution < 1.29 is 59.5 Å². The summed E-state index contributed by atoms with van der Waals surface area (Å²) in [7, 11) is 0. The van der Waals surface area contributed by atoms with Crippen LogP contribution in [0.15, 0.2) is 0 Å². The molecule has 7 N–H and O–H groups in total. The molecule has 188 valence electrons. The number of aliphatic hydroxyl groups is 7. The predicted molar refractivity (Wildman–Crippen MR) is 106 cm³/mol. The number of ether oxygens (including phenoxy) is 4. The third kappa shape index (κ3) is 6.79. The van der Waals surface area contributed by atoms with Gasteiger partial charge in [0.25, 0.3) is 0 Å². The van der Waals surface area contributed by atoms with E-state index in [9.17, 15) is 40.5 Å². The van der Waals surface area contributed by atoms with Crippen molar-refractivity contribution in [3.05, 3.63) is 0 Å². The van der Waals surface area contributed by atoms with Gasteiger partial charge in [-0.1, -0.05) is 32.6 Å². The van der Waals surface area contributed by atoms with Crippen molar-refractivity contribution in [3.8, 4) is 0 Å². The van der Waals surface area contributed by atoms with Crippen molar-refractivity contribution in [2.75, 3.05) is 13.2 Å². The fraction of sp³-hybridized carbons (Fsp3) is 0.950. The molecule has 2 heterocycles. The van der Waals surface area contributed by atoms with Gasteiger partial charge in [-0.05, 0) is 6.42 Å². The number of hydrogen-bond acceptors (Lipinski definition) is 12. The first-order valence-corrected chi connectivity index (χ1v) is 11.0. The van der Waals surface area contributed by atoms with Crippen LogP contribution < -0.4 is 0 Å². The number of esters is 1. The van der Waals surface area contributed by atoms with Crippen LogP contribution >= 0.6 is 0 Å². The van der Waals surface area contributed by atoms with Crippen molar-refractivity contribution in [3.63, 3.8) is 0 Å². The minimum atomic E-state index is -1.76. The number of carbonyl (C=O) groups is 1. The number of hydrogen-bond donors (Lipinski definition) is 7. The zero-order valence-electron chi connectivity index (χ0n) is 18.1. The highest BCUT2D eigenvalue weighted by molar-refractivity contribution is 5.69. The zero-order valence-corrected chi connectivity index (χ0v) is 18.1. The maximum absolute atomic E-state index is 12.2. The molecule has 0 unspecified atom stereocenters. The minimum absolute atomic E-state index is 0.0859. The molecule has 0 radical (unpaired) electrons. The number of rotatable bonds is 11. The van der Waals surface area contributed by atoms with E-state index in [2.05, 4.69) is 6.92 Å². The standard InChI is InChI=1S/C20H36O12/c1-2-3-4-5-6-7-12(23)31-18-14(25)11(9-22)30-20(17(18)28)32-19-16(27)15(26)13(24)10(8-21)29-19/h10-11,13-22,24-28H,2-9H2,1H3/t10-,11-,13-,14-,15+,16-,17-,18+,19-,20-/m1/s1. The highest BCUT2D eigenvalue weighted by atomic mass is 16.8. The summed E-state index contributed by atoms with van der Waals surface area (Å²) in [5, 5.41) is 69.6. The highest BCUT2D eigenvalue weighted by Gasteiger charge is 2.51. The van der Waals surface area contributed by atoms with E-state index in [1.807, 2.05) is 0 Å². The quantitative estimate of drug-likeness (QED) is 0.125. The highest BCUT2D eigenvalue weighted by Crippen LogP contribution is 2.29. The second kappa shape index (κ2) is 13.1. The molecule has 0 aromatic heterocycles. The average molecular weight is 468 g/mol. The van der Waals surface area contributed by atoms with Crippen LogP contribution in [0.3, 0.4) is 0 Å². The number of carbonyl (C=O) groups excluding carboxylic acids is 1. The van der Waals surface area contributed by atoms with Crippen LogP contribution in [-0.2, 0) is 23.7 Å². The molecule has 2 fully saturated rings. The Balaban J connectivity index is 2.01. The summed E-state index contributed by atoms with van der Waals surface area (Å²) in [6, 6.07) is 0. The molecule has 12 nitrogen and oxygen atoms in total. The molecule has 0 aromatic carbocycles. The Hall–Kier alpha value is -0.930. The molecule has 0 bridgehead atoms. The summed E-state index contributed by atoms with van der Waals surface area (Å²) in [5.74, 6) is -0.644. The largest absolute Gasteiger partial charge is 0.456 e. The second-order valence-electron chi connectivity index (χ2n) is 8.16. The maximum Gasteiger partial charge on any atom is 0.306 e. The minimum Gasteiger partial charge on any atom is -0.456 e. The Kier molecular flexibility index (Phi) is 11.2. The van der Waals surface area contributed by atoms with Crippen LogP contribution in [0, 0.1) is 0 Å². The van der Waals surface area contributed by atoms with E-state index in [-0.39, 0.29) is 6.42 Å². The van der Waals surface area contributed by atoms with Gasteiger partial charge in [0.1, 0.15) is 42.7 Å². The summed E-state index contributed by atoms with van der Waals surface area (Å²) in [5.41, 5.74) is 0. The molecule has 2 aliphatic rings. The summed E-state index contributed by atoms with van der Waals surface area (Å²) in [4.78, 5) is 12.2.